The molecule has 3 aliphatic rings. The van der Waals surface area contributed by atoms with Crippen molar-refractivity contribution < 1.29 is 14.4 Å². The van der Waals surface area contributed by atoms with E-state index in [1.807, 2.05) is 0 Å². The van der Waals surface area contributed by atoms with Gasteiger partial charge in [-0.1, -0.05) is 0 Å². The Bertz CT molecular complexity index is 590. The average Bonchev–Trinajstić information content (AvgIpc) is 3.17. The molecule has 2 aliphatic heterocycles. The summed E-state index contributed by atoms with van der Waals surface area (Å²) < 4.78 is 0. The number of nitrogens with zero attached hydrogens (tertiary/aromatic N) is 2. The third-order valence-corrected chi connectivity index (χ3v) is 6.47. The molecule has 5 atom stereocenters. The summed E-state index contributed by atoms with van der Waals surface area (Å²) in [7, 11) is 0. The third-order valence-electron chi connectivity index (χ3n) is 5.12. The second-order valence-corrected chi connectivity index (χ2v) is 7.93. The Morgan fingerprint density at radius 1 is 1.42 bits per heavy atom. The first kappa shape index (κ1) is 17.2. The smallest absolute Gasteiger partial charge is 0.244 e. The van der Waals surface area contributed by atoms with Gasteiger partial charge in [0.2, 0.25) is 11.8 Å². The highest BCUT2D eigenvalue weighted by atomic mass is 32.2. The number of nitrogens with one attached hydrogen (secondary N) is 1. The van der Waals surface area contributed by atoms with E-state index in [2.05, 4.69) is 11.4 Å². The molecular formula is C16H22N4O3S. The van der Waals surface area contributed by atoms with Crippen molar-refractivity contribution in [2.75, 3.05) is 5.75 Å². The van der Waals surface area contributed by atoms with Gasteiger partial charge in [0.05, 0.1) is 17.5 Å². The molecule has 2 heterocycles. The van der Waals surface area contributed by atoms with Crippen molar-refractivity contribution in [3.05, 3.63) is 0 Å². The summed E-state index contributed by atoms with van der Waals surface area (Å²) in [6.45, 7) is 0. The molecule has 0 aromatic rings. The van der Waals surface area contributed by atoms with Crippen LogP contribution in [0.15, 0.2) is 0 Å². The Hall–Kier alpha value is -1.59. The molecule has 1 aliphatic carbocycles. The first-order chi connectivity index (χ1) is 11.5. The Morgan fingerprint density at radius 3 is 2.88 bits per heavy atom. The quantitative estimate of drug-likeness (QED) is 0.745. The van der Waals surface area contributed by atoms with Crippen molar-refractivity contribution in [3.8, 4) is 6.07 Å². The van der Waals surface area contributed by atoms with E-state index < -0.39 is 18.1 Å². The lowest BCUT2D eigenvalue weighted by Crippen LogP contribution is -2.58. The van der Waals surface area contributed by atoms with E-state index in [9.17, 15) is 19.6 Å². The minimum absolute atomic E-state index is 0.00463. The van der Waals surface area contributed by atoms with E-state index in [-0.39, 0.29) is 28.9 Å². The Balaban J connectivity index is 1.62. The van der Waals surface area contributed by atoms with Crippen LogP contribution in [0.25, 0.3) is 0 Å². The molecule has 1 saturated carbocycles. The monoisotopic (exact) mass is 350 g/mol. The molecule has 24 heavy (non-hydrogen) atoms. The zero-order chi connectivity index (χ0) is 17.3. The summed E-state index contributed by atoms with van der Waals surface area (Å²) in [6, 6.07) is 0.266. The largest absolute Gasteiger partial charge is 0.339 e. The van der Waals surface area contributed by atoms with Crippen molar-refractivity contribution in [2.45, 2.75) is 62.0 Å². The predicted molar refractivity (Wildman–Crippen MR) is 88.6 cm³/mol. The van der Waals surface area contributed by atoms with Crippen LogP contribution in [0.2, 0.25) is 0 Å². The van der Waals surface area contributed by atoms with Gasteiger partial charge in [0.25, 0.3) is 0 Å². The molecule has 0 aromatic carbocycles. The molecule has 0 spiro atoms. The molecular weight excluding hydrogens is 328 g/mol. The molecule has 130 valence electrons. The Labute approximate surface area is 145 Å². The predicted octanol–water partition coefficient (Wildman–Crippen LogP) is 0.145. The summed E-state index contributed by atoms with van der Waals surface area (Å²) in [5.74, 6) is 0.0688. The number of hydrogen-bond acceptors (Lipinski definition) is 6. The first-order valence-electron chi connectivity index (χ1n) is 8.43. The van der Waals surface area contributed by atoms with Crippen LogP contribution in [0.5, 0.6) is 0 Å². The number of rotatable bonds is 4. The second kappa shape index (κ2) is 7.11. The van der Waals surface area contributed by atoms with Crippen LogP contribution in [-0.4, -0.2) is 51.7 Å². The maximum absolute atomic E-state index is 12.6. The van der Waals surface area contributed by atoms with Gasteiger partial charge in [0, 0.05) is 18.1 Å². The van der Waals surface area contributed by atoms with Gasteiger partial charge in [0.15, 0.2) is 0 Å². The lowest BCUT2D eigenvalue weighted by Gasteiger charge is -2.35. The normalized spacial score (nSPS) is 33.9. The molecule has 0 aromatic heterocycles. The van der Waals surface area contributed by atoms with E-state index in [0.717, 1.165) is 19.3 Å². The van der Waals surface area contributed by atoms with Crippen molar-refractivity contribution in [2.24, 2.45) is 11.7 Å². The summed E-state index contributed by atoms with van der Waals surface area (Å²) in [6.07, 6.45) is 4.01. The number of thioether (sulfide) groups is 1. The molecule has 0 bridgehead atoms. The number of hydrogen-bond donors (Lipinski definition) is 2. The van der Waals surface area contributed by atoms with Crippen molar-refractivity contribution in [1.82, 2.24) is 10.2 Å². The fourth-order valence-corrected chi connectivity index (χ4v) is 5.18. The van der Waals surface area contributed by atoms with E-state index in [0.29, 0.717) is 25.0 Å². The fraction of sp³-hybridized carbons (Fsp3) is 0.750. The van der Waals surface area contributed by atoms with Gasteiger partial charge >= 0.3 is 0 Å². The number of amides is 2. The van der Waals surface area contributed by atoms with Gasteiger partial charge in [-0.25, -0.2) is 0 Å². The van der Waals surface area contributed by atoms with E-state index in [1.54, 1.807) is 16.7 Å². The lowest BCUT2D eigenvalue weighted by atomic mass is 9.98. The van der Waals surface area contributed by atoms with Gasteiger partial charge in [-0.3, -0.25) is 14.4 Å². The zero-order valence-corrected chi connectivity index (χ0v) is 14.3. The van der Waals surface area contributed by atoms with Crippen LogP contribution < -0.4 is 11.1 Å². The van der Waals surface area contributed by atoms with Crippen LogP contribution in [-0.2, 0) is 14.4 Å². The maximum atomic E-state index is 12.6. The molecule has 0 radical (unpaired) electrons. The van der Waals surface area contributed by atoms with Gasteiger partial charge in [-0.05, 0) is 32.1 Å². The average molecular weight is 350 g/mol. The van der Waals surface area contributed by atoms with Crippen LogP contribution in [0, 0.1) is 17.2 Å². The maximum Gasteiger partial charge on any atom is 0.244 e. The molecule has 3 N–H and O–H groups in total. The van der Waals surface area contributed by atoms with E-state index in [4.69, 9.17) is 5.73 Å². The molecule has 3 fully saturated rings. The van der Waals surface area contributed by atoms with Crippen LogP contribution in [0.4, 0.5) is 0 Å². The third kappa shape index (κ3) is 3.28. The highest BCUT2D eigenvalue weighted by Gasteiger charge is 2.46. The van der Waals surface area contributed by atoms with Crippen LogP contribution >= 0.6 is 11.8 Å². The minimum Gasteiger partial charge on any atom is -0.339 e. The zero-order valence-electron chi connectivity index (χ0n) is 13.4. The van der Waals surface area contributed by atoms with Gasteiger partial charge in [0.1, 0.15) is 17.9 Å². The summed E-state index contributed by atoms with van der Waals surface area (Å²) in [4.78, 5) is 38.2. The van der Waals surface area contributed by atoms with E-state index >= 15 is 0 Å². The lowest BCUT2D eigenvalue weighted by molar-refractivity contribution is -0.143. The SMILES string of the molecule is N#C[C@H](C[C@@H]1CCCC1=O)NC(=O)[C@@H]1CS[C@H]2CC[C@H](N)C(=O)N21. The molecule has 3 rings (SSSR count). The summed E-state index contributed by atoms with van der Waals surface area (Å²) >= 11 is 1.59. The number of nitrogens with two attached hydrogens (primary N) is 1. The van der Waals surface area contributed by atoms with E-state index in [1.165, 1.54) is 0 Å². The van der Waals surface area contributed by atoms with Crippen molar-refractivity contribution >= 4 is 29.4 Å². The van der Waals surface area contributed by atoms with Crippen molar-refractivity contribution in [1.29, 1.82) is 5.26 Å². The number of Topliss-reactive ketones (excluding diaryl/α,β-unsaturated/α-hetero) is 1. The number of piperidine rings is 1. The Kier molecular flexibility index (Phi) is 5.11. The molecule has 2 amide bonds. The van der Waals surface area contributed by atoms with Gasteiger partial charge in [-0.15, -0.1) is 11.8 Å². The fourth-order valence-electron chi connectivity index (χ4n) is 3.75. The second-order valence-electron chi connectivity index (χ2n) is 6.71. The molecule has 8 heteroatoms. The van der Waals surface area contributed by atoms with Gasteiger partial charge in [-0.2, -0.15) is 5.26 Å². The van der Waals surface area contributed by atoms with Gasteiger partial charge < -0.3 is 16.0 Å². The highest BCUT2D eigenvalue weighted by Crippen LogP contribution is 2.36. The highest BCUT2D eigenvalue weighted by molar-refractivity contribution is 8.00. The van der Waals surface area contributed by atoms with Crippen LogP contribution in [0.3, 0.4) is 0 Å². The van der Waals surface area contributed by atoms with Crippen molar-refractivity contribution in [3.63, 3.8) is 0 Å². The number of fused-ring (bicyclic) bond motifs is 1. The topological polar surface area (TPSA) is 116 Å². The summed E-state index contributed by atoms with van der Waals surface area (Å²) in [5, 5.41) is 12.0. The molecule has 7 nitrogen and oxygen atoms in total. The Morgan fingerprint density at radius 2 is 2.21 bits per heavy atom. The summed E-state index contributed by atoms with van der Waals surface area (Å²) in [5.41, 5.74) is 5.83. The first-order valence-corrected chi connectivity index (χ1v) is 9.48. The standard InChI is InChI=1S/C16H22N4O3S/c17-7-10(6-9-2-1-3-13(9)21)19-15(22)12-8-24-14-5-4-11(18)16(23)20(12)14/h9-12,14H,1-6,8,18H2,(H,19,22)/t9-,10-,11-,12-,14-/m0/s1. The number of ketones is 1. The molecule has 2 saturated heterocycles. The molecule has 0 unspecified atom stereocenters. The number of carbonyl (C=O) groups is 3. The number of nitriles is 1. The number of carbonyl (C=O) groups excluding carboxylic acids is 3. The minimum atomic E-state index is -0.692. The van der Waals surface area contributed by atoms with Crippen LogP contribution in [0.1, 0.15) is 38.5 Å².